The Morgan fingerprint density at radius 2 is 2.05 bits per heavy atom. The van der Waals surface area contributed by atoms with E-state index in [1.54, 1.807) is 0 Å². The van der Waals surface area contributed by atoms with Gasteiger partial charge in [0.25, 0.3) is 0 Å². The monoisotopic (exact) mass is 350 g/mol. The number of amides is 1. The van der Waals surface area contributed by atoms with E-state index >= 15 is 0 Å². The molecule has 1 atom stereocenters. The first-order valence-corrected chi connectivity index (χ1v) is 8.30. The fraction of sp³-hybridized carbons (Fsp3) is 0.462. The highest BCUT2D eigenvalue weighted by molar-refractivity contribution is 7.89. The van der Waals surface area contributed by atoms with Crippen molar-refractivity contribution >= 4 is 27.5 Å². The van der Waals surface area contributed by atoms with Gasteiger partial charge in [0.1, 0.15) is 5.75 Å². The minimum Gasteiger partial charge on any atom is -0.495 e. The summed E-state index contributed by atoms with van der Waals surface area (Å²) < 4.78 is 36.5. The zero-order valence-corrected chi connectivity index (χ0v) is 14.1. The molecule has 0 spiro atoms. The Bertz CT molecular complexity index is 621. The van der Waals surface area contributed by atoms with E-state index in [4.69, 9.17) is 21.1 Å². The molecule has 2 N–H and O–H groups in total. The summed E-state index contributed by atoms with van der Waals surface area (Å²) in [5.74, 6) is -0.0776. The van der Waals surface area contributed by atoms with E-state index in [9.17, 15) is 13.2 Å². The van der Waals surface area contributed by atoms with Crippen molar-refractivity contribution in [3.8, 4) is 5.75 Å². The number of sulfonamides is 1. The van der Waals surface area contributed by atoms with Crippen molar-refractivity contribution in [1.29, 1.82) is 0 Å². The maximum Gasteiger partial charge on any atom is 0.241 e. The molecule has 22 heavy (non-hydrogen) atoms. The molecule has 1 rings (SSSR count). The van der Waals surface area contributed by atoms with Crippen molar-refractivity contribution in [3.63, 3.8) is 0 Å². The van der Waals surface area contributed by atoms with Crippen LogP contribution >= 0.6 is 11.6 Å². The lowest BCUT2D eigenvalue weighted by Gasteiger charge is -2.15. The van der Waals surface area contributed by atoms with Crippen molar-refractivity contribution < 1.29 is 22.7 Å². The van der Waals surface area contributed by atoms with Crippen LogP contribution in [0.25, 0.3) is 0 Å². The molecular formula is C13H19ClN2O5S. The fourth-order valence-corrected chi connectivity index (χ4v) is 3.15. The highest BCUT2D eigenvalue weighted by Crippen LogP contribution is 2.26. The standard InChI is InChI=1S/C13H19ClN2O5S/c1-9(13(17)15-6-7-20-2)16-22(18,19)10-4-5-12(21-3)11(14)8-10/h4-5,8-9,16H,6-7H2,1-3H3,(H,15,17)/t9-/m1/s1. The third-order valence-electron chi connectivity index (χ3n) is 2.76. The lowest BCUT2D eigenvalue weighted by molar-refractivity contribution is -0.122. The topological polar surface area (TPSA) is 93.7 Å². The van der Waals surface area contributed by atoms with Crippen molar-refractivity contribution in [1.82, 2.24) is 10.0 Å². The molecule has 0 aliphatic heterocycles. The molecule has 0 aromatic heterocycles. The predicted octanol–water partition coefficient (Wildman–Crippen LogP) is 0.778. The number of rotatable bonds is 8. The fourth-order valence-electron chi connectivity index (χ4n) is 1.60. The highest BCUT2D eigenvalue weighted by atomic mass is 35.5. The summed E-state index contributed by atoms with van der Waals surface area (Å²) in [5, 5.41) is 2.72. The van der Waals surface area contributed by atoms with Crippen molar-refractivity contribution in [3.05, 3.63) is 23.2 Å². The van der Waals surface area contributed by atoms with E-state index in [2.05, 4.69) is 10.0 Å². The number of halogens is 1. The van der Waals surface area contributed by atoms with Gasteiger partial charge in [0.2, 0.25) is 15.9 Å². The van der Waals surface area contributed by atoms with Gasteiger partial charge in [-0.3, -0.25) is 4.79 Å². The average Bonchev–Trinajstić information content (AvgIpc) is 2.46. The minimum absolute atomic E-state index is 0.0464. The van der Waals surface area contributed by atoms with Gasteiger partial charge in [-0.1, -0.05) is 11.6 Å². The molecule has 0 saturated heterocycles. The number of ether oxygens (including phenoxy) is 2. The molecule has 124 valence electrons. The molecule has 1 aromatic carbocycles. The molecule has 0 aliphatic rings. The summed E-state index contributed by atoms with van der Waals surface area (Å²) in [6.45, 7) is 2.10. The predicted molar refractivity (Wildman–Crippen MR) is 82.7 cm³/mol. The Morgan fingerprint density at radius 3 is 2.59 bits per heavy atom. The van der Waals surface area contributed by atoms with Gasteiger partial charge in [-0.05, 0) is 25.1 Å². The van der Waals surface area contributed by atoms with Crippen LogP contribution in [0.3, 0.4) is 0 Å². The summed E-state index contributed by atoms with van der Waals surface area (Å²) in [6, 6.07) is 3.13. The number of hydrogen-bond acceptors (Lipinski definition) is 5. The number of methoxy groups -OCH3 is 2. The van der Waals surface area contributed by atoms with Crippen LogP contribution in [0.5, 0.6) is 5.75 Å². The SMILES string of the molecule is COCCNC(=O)[C@@H](C)NS(=O)(=O)c1ccc(OC)c(Cl)c1. The number of hydrogen-bond donors (Lipinski definition) is 2. The summed E-state index contributed by atoms with van der Waals surface area (Å²) >= 11 is 5.91. The molecular weight excluding hydrogens is 332 g/mol. The second-order valence-electron chi connectivity index (χ2n) is 4.42. The van der Waals surface area contributed by atoms with Crippen molar-refractivity contribution in [2.45, 2.75) is 17.9 Å². The Hall–Kier alpha value is -1.35. The Morgan fingerprint density at radius 1 is 1.36 bits per heavy atom. The van der Waals surface area contributed by atoms with Crippen LogP contribution in [0, 0.1) is 0 Å². The first-order chi connectivity index (χ1) is 10.3. The van der Waals surface area contributed by atoms with E-state index in [1.165, 1.54) is 39.3 Å². The Kier molecular flexibility index (Phi) is 7.08. The van der Waals surface area contributed by atoms with Gasteiger partial charge in [-0.2, -0.15) is 4.72 Å². The van der Waals surface area contributed by atoms with Gasteiger partial charge in [0.05, 0.1) is 29.7 Å². The van der Waals surface area contributed by atoms with Gasteiger partial charge < -0.3 is 14.8 Å². The largest absolute Gasteiger partial charge is 0.495 e. The zero-order chi connectivity index (χ0) is 16.8. The van der Waals surface area contributed by atoms with Crippen LogP contribution < -0.4 is 14.8 Å². The second-order valence-corrected chi connectivity index (χ2v) is 6.54. The molecule has 0 bridgehead atoms. The van der Waals surface area contributed by atoms with Crippen LogP contribution in [0.2, 0.25) is 5.02 Å². The molecule has 1 aromatic rings. The third kappa shape index (κ3) is 5.13. The summed E-state index contributed by atoms with van der Waals surface area (Å²) in [4.78, 5) is 11.7. The van der Waals surface area contributed by atoms with E-state index in [0.29, 0.717) is 18.9 Å². The first kappa shape index (κ1) is 18.7. The lowest BCUT2D eigenvalue weighted by atomic mass is 10.3. The number of carbonyl (C=O) groups excluding carboxylic acids is 1. The first-order valence-electron chi connectivity index (χ1n) is 6.44. The van der Waals surface area contributed by atoms with E-state index in [0.717, 1.165) is 0 Å². The summed E-state index contributed by atoms with van der Waals surface area (Å²) in [6.07, 6.45) is 0. The van der Waals surface area contributed by atoms with Gasteiger partial charge in [-0.25, -0.2) is 8.42 Å². The maximum absolute atomic E-state index is 12.2. The van der Waals surface area contributed by atoms with E-state index < -0.39 is 22.0 Å². The maximum atomic E-state index is 12.2. The average molecular weight is 351 g/mol. The molecule has 0 fully saturated rings. The van der Waals surface area contributed by atoms with Crippen LogP contribution in [0.1, 0.15) is 6.92 Å². The molecule has 1 amide bonds. The Balaban J connectivity index is 2.78. The van der Waals surface area contributed by atoms with Crippen LogP contribution in [0.4, 0.5) is 0 Å². The third-order valence-corrected chi connectivity index (χ3v) is 4.60. The normalized spacial score (nSPS) is 12.7. The second kappa shape index (κ2) is 8.33. The summed E-state index contributed by atoms with van der Waals surface area (Å²) in [7, 11) is -0.928. The Labute approximate surface area is 135 Å². The summed E-state index contributed by atoms with van der Waals surface area (Å²) in [5.41, 5.74) is 0. The van der Waals surface area contributed by atoms with Gasteiger partial charge in [0.15, 0.2) is 0 Å². The highest BCUT2D eigenvalue weighted by Gasteiger charge is 2.22. The van der Waals surface area contributed by atoms with Crippen molar-refractivity contribution in [2.24, 2.45) is 0 Å². The molecule has 0 saturated carbocycles. The van der Waals surface area contributed by atoms with E-state index in [1.807, 2.05) is 0 Å². The van der Waals surface area contributed by atoms with Gasteiger partial charge in [-0.15, -0.1) is 0 Å². The smallest absolute Gasteiger partial charge is 0.241 e. The quantitative estimate of drug-likeness (QED) is 0.676. The van der Waals surface area contributed by atoms with Gasteiger partial charge >= 0.3 is 0 Å². The van der Waals surface area contributed by atoms with E-state index in [-0.39, 0.29) is 9.92 Å². The van der Waals surface area contributed by atoms with Gasteiger partial charge in [0, 0.05) is 13.7 Å². The lowest BCUT2D eigenvalue weighted by Crippen LogP contribution is -2.45. The number of carbonyl (C=O) groups is 1. The number of benzene rings is 1. The molecule has 0 heterocycles. The molecule has 0 radical (unpaired) electrons. The molecule has 9 heteroatoms. The van der Waals surface area contributed by atoms with Crippen LogP contribution in [-0.2, 0) is 19.6 Å². The van der Waals surface area contributed by atoms with Crippen molar-refractivity contribution in [2.75, 3.05) is 27.4 Å². The molecule has 0 aliphatic carbocycles. The number of nitrogens with one attached hydrogen (secondary N) is 2. The zero-order valence-electron chi connectivity index (χ0n) is 12.6. The van der Waals surface area contributed by atoms with Crippen LogP contribution in [-0.4, -0.2) is 47.7 Å². The molecule has 0 unspecified atom stereocenters. The molecule has 7 nitrogen and oxygen atoms in total. The van der Waals surface area contributed by atoms with Crippen LogP contribution in [0.15, 0.2) is 23.1 Å². The minimum atomic E-state index is -3.86.